The molecular weight excluding hydrogens is 384 g/mol. The third-order valence-electron chi connectivity index (χ3n) is 4.37. The van der Waals surface area contributed by atoms with Crippen LogP contribution in [-0.2, 0) is 4.79 Å². The number of rotatable bonds is 5. The Morgan fingerprint density at radius 3 is 2.62 bits per heavy atom. The number of amidine groups is 1. The van der Waals surface area contributed by atoms with Crippen LogP contribution in [0.15, 0.2) is 65.3 Å². The zero-order valence-electron chi connectivity index (χ0n) is 15.9. The second-order valence-electron chi connectivity index (χ2n) is 6.40. The summed E-state index contributed by atoms with van der Waals surface area (Å²) in [6.07, 6.45) is 7.36. The Hall–Kier alpha value is -3.37. The van der Waals surface area contributed by atoms with Gasteiger partial charge in [0.25, 0.3) is 0 Å². The minimum absolute atomic E-state index is 0.0799. The molecule has 7 heteroatoms. The summed E-state index contributed by atoms with van der Waals surface area (Å²) < 4.78 is 0. The summed E-state index contributed by atoms with van der Waals surface area (Å²) in [7, 11) is 0. The fraction of sp³-hybridized carbons (Fsp3) is 0.182. The Balaban J connectivity index is 2.01. The van der Waals surface area contributed by atoms with Crippen LogP contribution in [-0.4, -0.2) is 23.0 Å². The van der Waals surface area contributed by atoms with Crippen molar-refractivity contribution in [1.29, 1.82) is 5.26 Å². The van der Waals surface area contributed by atoms with Gasteiger partial charge in [0.05, 0.1) is 11.4 Å². The summed E-state index contributed by atoms with van der Waals surface area (Å²) >= 11 is 1.30. The molecule has 6 nitrogen and oxygen atoms in total. The molecule has 0 fully saturated rings. The monoisotopic (exact) mass is 404 g/mol. The van der Waals surface area contributed by atoms with E-state index in [4.69, 9.17) is 5.26 Å². The molecule has 2 aromatic rings. The van der Waals surface area contributed by atoms with Gasteiger partial charge in [0.15, 0.2) is 22.9 Å². The van der Waals surface area contributed by atoms with Gasteiger partial charge < -0.3 is 5.32 Å². The number of hydrogen-bond donors (Lipinski definition) is 2. The Morgan fingerprint density at radius 2 is 1.93 bits per heavy atom. The molecule has 0 heterocycles. The number of carbonyl (C=O) groups is 2. The number of aliphatic imine (C=N–C) groups is 1. The highest BCUT2D eigenvalue weighted by atomic mass is 32.2. The standard InChI is InChI=1S/C22H20N4O2S/c1-29-22(24-14-23)26-19-11-10-16(21(28)15-6-3-2-4-7-15)12-20(19)25-17-8-5-9-18(27)13-17/h2-4,6-7,10-13,25H,5,8-9H2,1H3,(H,24,26). The van der Waals surface area contributed by atoms with E-state index >= 15 is 0 Å². The highest BCUT2D eigenvalue weighted by Crippen LogP contribution is 2.31. The topological polar surface area (TPSA) is 94.3 Å². The van der Waals surface area contributed by atoms with E-state index in [0.717, 1.165) is 18.5 Å². The van der Waals surface area contributed by atoms with Crippen molar-refractivity contribution >= 4 is 39.9 Å². The number of ketones is 2. The summed E-state index contributed by atoms with van der Waals surface area (Å²) in [6.45, 7) is 0. The van der Waals surface area contributed by atoms with Gasteiger partial charge in [-0.25, -0.2) is 4.99 Å². The van der Waals surface area contributed by atoms with Crippen LogP contribution in [0.25, 0.3) is 0 Å². The highest BCUT2D eigenvalue weighted by Gasteiger charge is 2.15. The molecule has 0 saturated heterocycles. The van der Waals surface area contributed by atoms with Crippen LogP contribution in [0.1, 0.15) is 35.2 Å². The van der Waals surface area contributed by atoms with E-state index in [1.807, 2.05) is 30.6 Å². The first-order valence-electron chi connectivity index (χ1n) is 9.12. The van der Waals surface area contributed by atoms with E-state index in [9.17, 15) is 9.59 Å². The van der Waals surface area contributed by atoms with Crippen LogP contribution in [0.4, 0.5) is 11.4 Å². The number of hydrogen-bond acceptors (Lipinski definition) is 6. The van der Waals surface area contributed by atoms with Gasteiger partial charge in [-0.2, -0.15) is 5.26 Å². The van der Waals surface area contributed by atoms with Gasteiger partial charge in [-0.3, -0.25) is 14.9 Å². The molecule has 0 spiro atoms. The van der Waals surface area contributed by atoms with Crippen molar-refractivity contribution in [2.24, 2.45) is 4.99 Å². The first-order valence-corrected chi connectivity index (χ1v) is 10.3. The number of nitrogens with one attached hydrogen (secondary N) is 2. The highest BCUT2D eigenvalue weighted by molar-refractivity contribution is 8.13. The number of nitrogens with zero attached hydrogens (tertiary/aromatic N) is 2. The average Bonchev–Trinajstić information content (AvgIpc) is 2.74. The maximum Gasteiger partial charge on any atom is 0.193 e. The van der Waals surface area contributed by atoms with Gasteiger partial charge >= 0.3 is 0 Å². The summed E-state index contributed by atoms with van der Waals surface area (Å²) in [5.74, 6) is -0.0191. The van der Waals surface area contributed by atoms with E-state index in [-0.39, 0.29) is 11.6 Å². The molecule has 146 valence electrons. The Kier molecular flexibility index (Phi) is 6.82. The van der Waals surface area contributed by atoms with Gasteiger partial charge in [-0.15, -0.1) is 0 Å². The van der Waals surface area contributed by atoms with Crippen LogP contribution in [0, 0.1) is 11.5 Å². The van der Waals surface area contributed by atoms with Gasteiger partial charge in [0.2, 0.25) is 0 Å². The van der Waals surface area contributed by atoms with Crippen LogP contribution in [0.3, 0.4) is 0 Å². The second-order valence-corrected chi connectivity index (χ2v) is 7.19. The van der Waals surface area contributed by atoms with Gasteiger partial charge in [-0.05, 0) is 37.3 Å². The molecule has 0 amide bonds. The van der Waals surface area contributed by atoms with Crippen molar-refractivity contribution in [3.63, 3.8) is 0 Å². The third kappa shape index (κ3) is 5.33. The number of carbonyl (C=O) groups excluding carboxylic acids is 2. The normalized spacial score (nSPS) is 14.0. The molecule has 0 atom stereocenters. The average molecular weight is 404 g/mol. The quantitative estimate of drug-likeness (QED) is 0.252. The zero-order valence-corrected chi connectivity index (χ0v) is 16.8. The fourth-order valence-electron chi connectivity index (χ4n) is 2.98. The van der Waals surface area contributed by atoms with E-state index in [1.54, 1.807) is 36.4 Å². The number of thioether (sulfide) groups is 1. The van der Waals surface area contributed by atoms with Crippen molar-refractivity contribution in [2.75, 3.05) is 11.6 Å². The number of anilines is 1. The molecule has 1 aliphatic rings. The molecule has 2 aromatic carbocycles. The summed E-state index contributed by atoms with van der Waals surface area (Å²) in [6, 6.07) is 14.2. The maximum atomic E-state index is 12.8. The Labute approximate surface area is 173 Å². The van der Waals surface area contributed by atoms with Crippen LogP contribution in [0.5, 0.6) is 0 Å². The molecule has 2 N–H and O–H groups in total. The molecule has 0 bridgehead atoms. The summed E-state index contributed by atoms with van der Waals surface area (Å²) in [5.41, 5.74) is 3.08. The minimum Gasteiger partial charge on any atom is -0.357 e. The predicted molar refractivity (Wildman–Crippen MR) is 116 cm³/mol. The lowest BCUT2D eigenvalue weighted by molar-refractivity contribution is -0.115. The van der Waals surface area contributed by atoms with Crippen molar-refractivity contribution in [1.82, 2.24) is 5.32 Å². The molecule has 1 aliphatic carbocycles. The zero-order chi connectivity index (χ0) is 20.6. The molecule has 0 radical (unpaired) electrons. The van der Waals surface area contributed by atoms with E-state index < -0.39 is 0 Å². The number of nitriles is 1. The SMILES string of the molecule is CSC(=Nc1ccc(C(=O)c2ccccc2)cc1NC1=CC(=O)CCC1)NC#N. The molecule has 3 rings (SSSR count). The predicted octanol–water partition coefficient (Wildman–Crippen LogP) is 4.39. The van der Waals surface area contributed by atoms with Crippen LogP contribution < -0.4 is 10.6 Å². The summed E-state index contributed by atoms with van der Waals surface area (Å²) in [5, 5.41) is 15.1. The maximum absolute atomic E-state index is 12.8. The summed E-state index contributed by atoms with van der Waals surface area (Å²) in [4.78, 5) is 29.1. The Morgan fingerprint density at radius 1 is 1.14 bits per heavy atom. The van der Waals surface area contributed by atoms with Crippen LogP contribution >= 0.6 is 11.8 Å². The smallest absolute Gasteiger partial charge is 0.193 e. The molecule has 0 unspecified atom stereocenters. The van der Waals surface area contributed by atoms with Crippen LogP contribution in [0.2, 0.25) is 0 Å². The first-order chi connectivity index (χ1) is 14.1. The lowest BCUT2D eigenvalue weighted by Gasteiger charge is -2.17. The number of benzene rings is 2. The van der Waals surface area contributed by atoms with Gasteiger partial charge in [0.1, 0.15) is 0 Å². The third-order valence-corrected chi connectivity index (χ3v) is 4.95. The van der Waals surface area contributed by atoms with Gasteiger partial charge in [-0.1, -0.05) is 42.1 Å². The first kappa shape index (κ1) is 20.4. The lowest BCUT2D eigenvalue weighted by atomic mass is 10.0. The molecule has 0 saturated carbocycles. The van der Waals surface area contributed by atoms with Crippen molar-refractivity contribution < 1.29 is 9.59 Å². The second kappa shape index (κ2) is 9.71. The van der Waals surface area contributed by atoms with E-state index in [1.165, 1.54) is 11.8 Å². The largest absolute Gasteiger partial charge is 0.357 e. The van der Waals surface area contributed by atoms with Crippen molar-refractivity contribution in [3.05, 3.63) is 71.4 Å². The van der Waals surface area contributed by atoms with E-state index in [2.05, 4.69) is 15.6 Å². The molecule has 0 aromatic heterocycles. The number of allylic oxidation sites excluding steroid dienone is 2. The molecule has 29 heavy (non-hydrogen) atoms. The molecule has 0 aliphatic heterocycles. The lowest BCUT2D eigenvalue weighted by Crippen LogP contribution is -2.13. The minimum atomic E-state index is -0.0990. The molecular formula is C22H20N4O2S. The fourth-order valence-corrected chi connectivity index (χ4v) is 3.31. The van der Waals surface area contributed by atoms with Crippen molar-refractivity contribution in [2.45, 2.75) is 19.3 Å². The Bertz CT molecular complexity index is 1020. The van der Waals surface area contributed by atoms with Crippen molar-refractivity contribution in [3.8, 4) is 6.19 Å². The van der Waals surface area contributed by atoms with Gasteiger partial charge in [0, 0.05) is 29.3 Å². The van der Waals surface area contributed by atoms with E-state index in [0.29, 0.717) is 34.1 Å².